The van der Waals surface area contributed by atoms with E-state index in [1.54, 1.807) is 12.4 Å². The van der Waals surface area contributed by atoms with Gasteiger partial charge in [-0.05, 0) is 102 Å². The minimum atomic E-state index is -0.321. The van der Waals surface area contributed by atoms with Crippen molar-refractivity contribution in [2.45, 2.75) is 92.4 Å². The molecule has 4 aromatic carbocycles. The summed E-state index contributed by atoms with van der Waals surface area (Å²) in [6.45, 7) is 14.8. The Kier molecular flexibility index (Phi) is 10.2. The number of aliphatic hydroxyl groups is 1. The van der Waals surface area contributed by atoms with Gasteiger partial charge in [-0.2, -0.15) is 0 Å². The maximum atomic E-state index is 12.7. The number of aryl methyl sites for hydroxylation is 1. The number of nitrogens with zero attached hydrogens (tertiary/aromatic N) is 2. The zero-order valence-corrected chi connectivity index (χ0v) is 33.5. The summed E-state index contributed by atoms with van der Waals surface area (Å²) in [5.74, 6) is 2.79. The molecule has 4 aliphatic rings. The molecule has 0 saturated heterocycles. The van der Waals surface area contributed by atoms with E-state index in [4.69, 9.17) is 4.98 Å². The van der Waals surface area contributed by atoms with E-state index in [0.29, 0.717) is 0 Å². The smallest absolute Gasteiger partial charge is 0.165 e. The van der Waals surface area contributed by atoms with Crippen LogP contribution >= 0.6 is 0 Å². The van der Waals surface area contributed by atoms with Crippen LogP contribution < -0.4 is 0 Å². The Hall–Kier alpha value is -3.66. The first-order valence-electron chi connectivity index (χ1n) is 18.4. The standard InChI is InChI=1S/C29H25N2.C17H26O2.Ir/c1-19-15-24(29(2,3)4)17-22-13-14-25-27(30-18-31-28(25)26(19)22)23-12-8-11-21(16-23)20-9-6-5-7-10-20;1-16(2,3)14(18)7-15(19)17-8-11-4-12(9-17)6-13(5-11)10-17;/h5-11,13-18H,1-4H3;7,11-13,18H,4-6,8-10H2,1-3H3;/q-1;;/b;14-7-;. The molecule has 0 unspecified atom stereocenters. The summed E-state index contributed by atoms with van der Waals surface area (Å²) in [5.41, 5.74) is 7.51. The second-order valence-corrected chi connectivity index (χ2v) is 17.5. The number of carbonyl (C=O) groups excluding carboxylic acids is 1. The van der Waals surface area contributed by atoms with Gasteiger partial charge < -0.3 is 5.11 Å². The SMILES string of the molecule is CC(C)(C)/C(O)=C/C(=O)C12CC3CC(CC(C3)C1)C2.Cc1cc(C(C)(C)C)cc2ccc3c(-c4[c-]ccc(-c5ccccc5)c4)ncnc3c12.[Ir]. The van der Waals surface area contributed by atoms with Gasteiger partial charge in [-0.15, -0.1) is 35.4 Å². The van der Waals surface area contributed by atoms with Gasteiger partial charge in [-0.25, -0.2) is 4.98 Å². The summed E-state index contributed by atoms with van der Waals surface area (Å²) in [6, 6.07) is 29.0. The number of allylic oxidation sites excluding steroid dienone is 2. The predicted octanol–water partition coefficient (Wildman–Crippen LogP) is 11.8. The second kappa shape index (κ2) is 14.1. The Morgan fingerprint density at radius 2 is 1.49 bits per heavy atom. The Balaban J connectivity index is 0.000000192. The number of aromatic nitrogens is 2. The molecule has 4 aliphatic carbocycles. The Labute approximate surface area is 317 Å². The number of carbonyl (C=O) groups is 1. The van der Waals surface area contributed by atoms with Crippen molar-refractivity contribution in [3.05, 3.63) is 108 Å². The van der Waals surface area contributed by atoms with Crippen LogP contribution in [0.4, 0.5) is 0 Å². The molecule has 1 radical (unpaired) electrons. The van der Waals surface area contributed by atoms with E-state index in [9.17, 15) is 9.90 Å². The first kappa shape index (κ1) is 37.1. The molecule has 9 rings (SSSR count). The summed E-state index contributed by atoms with van der Waals surface area (Å²) in [7, 11) is 0. The van der Waals surface area contributed by atoms with Crippen LogP contribution in [-0.2, 0) is 30.3 Å². The van der Waals surface area contributed by atoms with Gasteiger partial charge in [0.25, 0.3) is 0 Å². The molecule has 4 nitrogen and oxygen atoms in total. The van der Waals surface area contributed by atoms with E-state index in [1.807, 2.05) is 32.9 Å². The average Bonchev–Trinajstić information content (AvgIpc) is 3.07. The van der Waals surface area contributed by atoms with Crippen LogP contribution in [0.3, 0.4) is 0 Å². The van der Waals surface area contributed by atoms with Crippen LogP contribution in [0, 0.1) is 41.6 Å². The number of benzene rings is 4. The third-order valence-corrected chi connectivity index (χ3v) is 11.5. The van der Waals surface area contributed by atoms with Crippen molar-refractivity contribution in [2.75, 3.05) is 0 Å². The monoisotopic (exact) mass is 856 g/mol. The Morgan fingerprint density at radius 3 is 2.10 bits per heavy atom. The van der Waals surface area contributed by atoms with Crippen LogP contribution in [0.2, 0.25) is 0 Å². The molecule has 4 saturated carbocycles. The molecule has 0 spiro atoms. The second-order valence-electron chi connectivity index (χ2n) is 17.5. The Bertz CT molecular complexity index is 2070. The fourth-order valence-corrected chi connectivity index (χ4v) is 9.16. The van der Waals surface area contributed by atoms with Gasteiger partial charge in [-0.3, -0.25) is 9.78 Å². The first-order valence-corrected chi connectivity index (χ1v) is 18.4. The third kappa shape index (κ3) is 7.48. The summed E-state index contributed by atoms with van der Waals surface area (Å²) < 4.78 is 0. The summed E-state index contributed by atoms with van der Waals surface area (Å²) in [4.78, 5) is 22.1. The van der Waals surface area contributed by atoms with Gasteiger partial charge >= 0.3 is 0 Å². The maximum absolute atomic E-state index is 12.7. The van der Waals surface area contributed by atoms with Crippen LogP contribution in [-0.4, -0.2) is 20.9 Å². The van der Waals surface area contributed by atoms with Crippen LogP contribution in [0.15, 0.2) is 91.0 Å². The Morgan fingerprint density at radius 1 is 0.843 bits per heavy atom. The van der Waals surface area contributed by atoms with Crippen molar-refractivity contribution >= 4 is 27.5 Å². The van der Waals surface area contributed by atoms with Crippen LogP contribution in [0.5, 0.6) is 0 Å². The molecule has 4 bridgehead atoms. The van der Waals surface area contributed by atoms with E-state index >= 15 is 0 Å². The maximum Gasteiger partial charge on any atom is 0.165 e. The largest absolute Gasteiger partial charge is 0.512 e. The van der Waals surface area contributed by atoms with Gasteiger partial charge in [0, 0.05) is 42.4 Å². The topological polar surface area (TPSA) is 63.1 Å². The molecule has 4 fully saturated rings. The van der Waals surface area contributed by atoms with Crippen LogP contribution in [0.25, 0.3) is 44.1 Å². The number of aliphatic hydroxyl groups excluding tert-OH is 1. The van der Waals surface area contributed by atoms with E-state index < -0.39 is 0 Å². The molecule has 267 valence electrons. The molecule has 51 heavy (non-hydrogen) atoms. The van der Waals surface area contributed by atoms with E-state index in [0.717, 1.165) is 64.7 Å². The molecule has 0 aliphatic heterocycles. The van der Waals surface area contributed by atoms with Crippen molar-refractivity contribution in [3.63, 3.8) is 0 Å². The van der Waals surface area contributed by atoms with Gasteiger partial charge in [-0.1, -0.05) is 96.1 Å². The van der Waals surface area contributed by atoms with Gasteiger partial charge in [0.15, 0.2) is 5.78 Å². The molecule has 1 aromatic heterocycles. The normalized spacial score (nSPS) is 22.7. The zero-order chi connectivity index (χ0) is 35.4. The van der Waals surface area contributed by atoms with Crippen molar-refractivity contribution < 1.29 is 30.0 Å². The molecule has 1 N–H and O–H groups in total. The number of fused-ring (bicyclic) bond motifs is 3. The average molecular weight is 856 g/mol. The number of rotatable bonds is 4. The summed E-state index contributed by atoms with van der Waals surface area (Å²) in [6.07, 6.45) is 10.5. The molecule has 0 atom stereocenters. The quantitative estimate of drug-likeness (QED) is 0.0846. The van der Waals surface area contributed by atoms with Gasteiger partial charge in [0.2, 0.25) is 0 Å². The fourth-order valence-electron chi connectivity index (χ4n) is 9.16. The number of ketones is 1. The van der Waals surface area contributed by atoms with Crippen molar-refractivity contribution in [3.8, 4) is 22.4 Å². The number of hydrogen-bond acceptors (Lipinski definition) is 4. The van der Waals surface area contributed by atoms with Crippen LogP contribution in [0.1, 0.15) is 91.2 Å². The molecular weight excluding hydrogens is 805 g/mol. The van der Waals surface area contributed by atoms with Crippen molar-refractivity contribution in [1.29, 1.82) is 0 Å². The fraction of sp³-hybridized carbons (Fsp3) is 0.413. The molecule has 5 heteroatoms. The third-order valence-electron chi connectivity index (χ3n) is 11.5. The van der Waals surface area contributed by atoms with E-state index in [-0.39, 0.29) is 47.9 Å². The zero-order valence-electron chi connectivity index (χ0n) is 31.1. The first-order chi connectivity index (χ1) is 23.7. The van der Waals surface area contributed by atoms with E-state index in [2.05, 4.69) is 99.4 Å². The molecule has 1 heterocycles. The van der Waals surface area contributed by atoms with E-state index in [1.165, 1.54) is 46.7 Å². The summed E-state index contributed by atoms with van der Waals surface area (Å²) >= 11 is 0. The predicted molar refractivity (Wildman–Crippen MR) is 206 cm³/mol. The summed E-state index contributed by atoms with van der Waals surface area (Å²) in [5, 5.41) is 13.6. The van der Waals surface area contributed by atoms with Crippen molar-refractivity contribution in [2.24, 2.45) is 28.6 Å². The van der Waals surface area contributed by atoms with Gasteiger partial charge in [0.1, 0.15) is 12.1 Å². The minimum absolute atomic E-state index is 0. The van der Waals surface area contributed by atoms with Gasteiger partial charge in [0.05, 0.1) is 5.52 Å². The molecule has 5 aromatic rings. The minimum Gasteiger partial charge on any atom is -0.512 e. The molecular formula is C46H51IrN2O2-. The van der Waals surface area contributed by atoms with Crippen molar-refractivity contribution in [1.82, 2.24) is 9.97 Å². The molecule has 0 amide bonds. The number of hydrogen-bond donors (Lipinski definition) is 1.